The number of hydrogen-bond acceptors (Lipinski definition) is 12. The number of aliphatic hydroxyl groups excluding tert-OH is 1. The van der Waals surface area contributed by atoms with E-state index in [1.165, 1.54) is 170 Å². The number of non-ortho nitro benzene ring substituents is 1. The van der Waals surface area contributed by atoms with Crippen molar-refractivity contribution < 1.29 is 47.4 Å². The van der Waals surface area contributed by atoms with Gasteiger partial charge in [0.1, 0.15) is 11.9 Å². The van der Waals surface area contributed by atoms with Crippen molar-refractivity contribution in [1.29, 1.82) is 0 Å². The number of hydrogen-bond donors (Lipinski definition) is 2. The first-order chi connectivity index (χ1) is 49.3. The Labute approximate surface area is 643 Å². The van der Waals surface area contributed by atoms with Gasteiger partial charge < -0.3 is 43.1 Å². The summed E-state index contributed by atoms with van der Waals surface area (Å²) < 4.78 is 41.3. The summed E-state index contributed by atoms with van der Waals surface area (Å²) in [4.78, 5) is 34.9. The number of carbonyl (C=O) groups excluding carboxylic acids is 2. The lowest BCUT2D eigenvalue weighted by Crippen LogP contribution is -2.60. The number of nitrogens with zero attached hydrogens (tertiary/aromatic N) is 2. The highest BCUT2D eigenvalue weighted by atomic mass is 35.5. The Morgan fingerprint density at radius 2 is 0.990 bits per heavy atom. The number of rotatable bonds is 17. The third kappa shape index (κ3) is 12.8. The Kier molecular flexibility index (Phi) is 23.3. The van der Waals surface area contributed by atoms with E-state index in [2.05, 4.69) is 162 Å². The van der Waals surface area contributed by atoms with Crippen LogP contribution in [0.3, 0.4) is 0 Å². The highest BCUT2D eigenvalue weighted by Crippen LogP contribution is 2.92. The minimum Gasteiger partial charge on any atom is -0.443 e. The van der Waals surface area contributed by atoms with Crippen LogP contribution < -0.4 is 10.1 Å². The fraction of sp³-hybridized carbons (Fsp3) is 0.909. The largest absolute Gasteiger partial charge is 0.443 e. The zero-order valence-electron chi connectivity index (χ0n) is 70.0. The highest BCUT2D eigenvalue weighted by molar-refractivity contribution is 6.74. The zero-order valence-corrected chi connectivity index (χ0v) is 72.7. The molecule has 26 atom stereocenters. The number of ether oxygens (including phenoxy) is 4. The molecule has 10 saturated carbocycles. The number of nitro groups is 1. The number of benzene rings is 1. The molecule has 14 aliphatic rings. The smallest absolute Gasteiger partial charge is 0.410 e. The molecule has 105 heavy (non-hydrogen) atoms. The second-order valence-corrected chi connectivity index (χ2v) is 50.7. The second-order valence-electron chi connectivity index (χ2n) is 40.9. The number of nitro benzene ring substituents is 1. The third-order valence-electron chi connectivity index (χ3n) is 36.7. The second kappa shape index (κ2) is 29.7. The summed E-state index contributed by atoms with van der Waals surface area (Å²) in [5.74, 6) is 7.54. The van der Waals surface area contributed by atoms with Crippen LogP contribution in [0.25, 0.3) is 0 Å². The van der Waals surface area contributed by atoms with E-state index in [0.29, 0.717) is 62.1 Å². The van der Waals surface area contributed by atoms with E-state index in [-0.39, 0.29) is 93.8 Å². The van der Waals surface area contributed by atoms with Crippen LogP contribution in [0, 0.1) is 135 Å². The fourth-order valence-electron chi connectivity index (χ4n) is 29.0. The van der Waals surface area contributed by atoms with E-state index in [4.69, 9.17) is 34.7 Å². The lowest BCUT2D eigenvalue weighted by Gasteiger charge is -2.64. The highest BCUT2D eigenvalue weighted by Gasteiger charge is 2.87. The van der Waals surface area contributed by atoms with Crippen LogP contribution in [0.1, 0.15) is 268 Å². The van der Waals surface area contributed by atoms with Crippen LogP contribution in [-0.2, 0) is 23.1 Å². The lowest BCUT2D eigenvalue weighted by molar-refractivity contribution is -0.384. The van der Waals surface area contributed by atoms with E-state index >= 15 is 0 Å². The molecular formula is C88H148ClN3O11Si2. The van der Waals surface area contributed by atoms with E-state index in [1.54, 1.807) is 0 Å². The van der Waals surface area contributed by atoms with Crippen molar-refractivity contribution in [2.45, 2.75) is 353 Å². The quantitative estimate of drug-likeness (QED) is 0.0656. The van der Waals surface area contributed by atoms with Crippen molar-refractivity contribution >= 4 is 45.4 Å². The number of aliphatic hydroxyl groups is 1. The molecule has 10 aliphatic carbocycles. The summed E-state index contributed by atoms with van der Waals surface area (Å²) in [5.41, 5.74) is 2.61. The molecule has 14 nitrogen and oxygen atoms in total. The molecule has 4 saturated heterocycles. The number of carbonyl (C=O) groups is 2. The summed E-state index contributed by atoms with van der Waals surface area (Å²) in [7, 11) is -3.84. The standard InChI is InChI=1S/C41H71NO4Si.C37H66O3Si.C7H4ClNO4.C3H7N/c1-12-47(13-2,14-3)46-35-34-32(27(6)24-29(44-34)33(26(4)5)45-36(43)42-22-15-23-42)38(10)20-21-41-25-40(41)19-18-28(7)37(8,9)30(40)16-17-31(41)39(35,38)11;1-12-41(13-2,14-3)40-32-31-29(24(6)21-26(39-31)30(38)23(4)5)34(10)19-20-37-22-36(37)18-17-25(7)33(8,9)27(36)15-16-28(37)35(32,34)11;8-7(10)13-6-3-1-5(2-4-6)9(11)12;1-2-4-3-1/h26-35H,12-25H2,1-11H3;23-32,38H,12-22H2,1-11H3;1-4H;4H,1-3H2/t27-,28+,29-,30+,31+,32+,33-,34+,35+,38-,39-,40-,41+;24-,25+,26-,27+,28+,29+,30-,31+,32+,34-,35-,36-,37+;;/m11../s1. The molecule has 1 aromatic carbocycles. The van der Waals surface area contributed by atoms with Crippen LogP contribution in [-0.4, -0.2) is 118 Å². The number of likely N-dealkylation sites (tertiary alicyclic amines) is 1. The van der Waals surface area contributed by atoms with Crippen molar-refractivity contribution in [2.24, 2.45) is 125 Å². The number of halogens is 1. The summed E-state index contributed by atoms with van der Waals surface area (Å²) >= 11 is 4.92. The average Bonchev–Trinajstić information content (AvgIpc) is 1.46. The molecule has 0 aromatic heterocycles. The summed E-state index contributed by atoms with van der Waals surface area (Å²) in [5, 5.41) is 24.6. The van der Waals surface area contributed by atoms with Gasteiger partial charge in [-0.05, 0) is 291 Å². The topological polar surface area (TPSA) is 168 Å². The average molecular weight is 1520 g/mol. The molecule has 4 heterocycles. The Morgan fingerprint density at radius 1 is 0.600 bits per heavy atom. The molecule has 596 valence electrons. The number of nitrogens with one attached hydrogen (secondary N) is 1. The minimum absolute atomic E-state index is 0.0664. The maximum absolute atomic E-state index is 13.2. The molecule has 1 amide bonds. The first-order valence-electron chi connectivity index (χ1n) is 43.5. The van der Waals surface area contributed by atoms with Crippen LogP contribution in [0.2, 0.25) is 36.3 Å². The van der Waals surface area contributed by atoms with Crippen LogP contribution in [0.5, 0.6) is 5.75 Å². The van der Waals surface area contributed by atoms with Crippen LogP contribution >= 0.6 is 11.6 Å². The Bertz CT molecular complexity index is 3230. The normalized spacial score (nSPS) is 44.4. The molecule has 4 aliphatic heterocycles. The van der Waals surface area contributed by atoms with Gasteiger partial charge in [-0.2, -0.15) is 0 Å². The Morgan fingerprint density at radius 3 is 1.34 bits per heavy atom. The first-order valence-corrected chi connectivity index (χ1v) is 48.9. The molecular weight excluding hydrogens is 1370 g/mol. The molecule has 2 N–H and O–H groups in total. The molecule has 15 rings (SSSR count). The van der Waals surface area contributed by atoms with Gasteiger partial charge in [0.2, 0.25) is 0 Å². The van der Waals surface area contributed by atoms with E-state index < -0.39 is 33.1 Å². The third-order valence-corrected chi connectivity index (χ3v) is 46.0. The van der Waals surface area contributed by atoms with Crippen LogP contribution in [0.4, 0.5) is 15.3 Å². The monoisotopic (exact) mass is 1510 g/mol. The van der Waals surface area contributed by atoms with Crippen molar-refractivity contribution in [2.75, 3.05) is 26.2 Å². The van der Waals surface area contributed by atoms with E-state index in [9.17, 15) is 24.8 Å². The number of amides is 1. The van der Waals surface area contributed by atoms with Gasteiger partial charge in [-0.25, -0.2) is 9.59 Å². The fourth-order valence-corrected chi connectivity index (χ4v) is 34.9. The van der Waals surface area contributed by atoms with Gasteiger partial charge in [0.25, 0.3) is 5.69 Å². The van der Waals surface area contributed by atoms with Crippen LogP contribution in [0.15, 0.2) is 24.3 Å². The SMILES string of the molecule is C1CNC1.CC[Si](CC)(CC)O[C@H]1[C@H]2O[C@@H]([C@H](O)C(C)C)C[C@@H](C)[C@@H]2[C@@]2(C)CC[C@@]34C[C@@]35CC[C@H](C)C(C)(C)[C@@H]5CC[C@H]4[C@]12C.CC[Si](CC)(CC)O[C@H]1[C@H]2O[C@@H]([C@H](OC(=O)N3CCC3)C(C)C)C[C@@H](C)[C@@H]2[C@@]2(C)CC[C@@]34C[C@@]35CC[C@H](C)C(C)(C)[C@@H]5CC[C@H]4[C@]12C.O=C(Cl)Oc1ccc([N+](=O)[O-])cc1. The maximum atomic E-state index is 13.2. The molecule has 17 heteroatoms. The molecule has 4 spiro atoms. The Balaban J connectivity index is 0.000000162. The van der Waals surface area contributed by atoms with Gasteiger partial charge >= 0.3 is 11.5 Å². The van der Waals surface area contributed by atoms with Gasteiger partial charge in [-0.1, -0.05) is 152 Å². The molecule has 0 radical (unpaired) electrons. The molecule has 1 aromatic rings. The first kappa shape index (κ1) is 82.3. The van der Waals surface area contributed by atoms with Gasteiger partial charge in [-0.3, -0.25) is 10.1 Å². The minimum atomic E-state index is -1.95. The Hall–Kier alpha value is -2.16. The summed E-state index contributed by atoms with van der Waals surface area (Å²) in [6.07, 6.45) is 23.8. The lowest BCUT2D eigenvalue weighted by atomic mass is 9.41. The predicted octanol–water partition coefficient (Wildman–Crippen LogP) is 22.1. The summed E-state index contributed by atoms with van der Waals surface area (Å²) in [6.45, 7) is 58.8. The van der Waals surface area contributed by atoms with Crippen molar-refractivity contribution in [3.63, 3.8) is 0 Å². The van der Waals surface area contributed by atoms with Crippen molar-refractivity contribution in [3.05, 3.63) is 34.4 Å². The van der Waals surface area contributed by atoms with Crippen molar-refractivity contribution in [3.8, 4) is 5.75 Å². The predicted molar refractivity (Wildman–Crippen MR) is 427 cm³/mol. The molecule has 0 bridgehead atoms. The maximum Gasteiger partial charge on any atom is 0.410 e. The van der Waals surface area contributed by atoms with Crippen molar-refractivity contribution in [1.82, 2.24) is 10.2 Å². The molecule has 14 fully saturated rings. The van der Waals surface area contributed by atoms with E-state index in [0.717, 1.165) is 61.9 Å². The van der Waals surface area contributed by atoms with Gasteiger partial charge in [-0.15, -0.1) is 0 Å². The van der Waals surface area contributed by atoms with Gasteiger partial charge in [0.05, 0.1) is 47.7 Å². The van der Waals surface area contributed by atoms with Gasteiger partial charge in [0, 0.05) is 47.7 Å². The summed E-state index contributed by atoms with van der Waals surface area (Å²) in [6, 6.07) is 12.1. The van der Waals surface area contributed by atoms with E-state index in [1.807, 2.05) is 4.90 Å². The number of fused-ring (bicyclic) bond motifs is 8. The zero-order chi connectivity index (χ0) is 76.6. The molecule has 0 unspecified atom stereocenters. The van der Waals surface area contributed by atoms with Gasteiger partial charge in [0.15, 0.2) is 16.6 Å².